The van der Waals surface area contributed by atoms with Crippen LogP contribution in [0.3, 0.4) is 0 Å². The van der Waals surface area contributed by atoms with Crippen LogP contribution < -0.4 is 5.32 Å². The third kappa shape index (κ3) is 3.00. The number of carboxylic acids is 1. The summed E-state index contributed by atoms with van der Waals surface area (Å²) >= 11 is 0. The minimum absolute atomic E-state index is 0.111. The number of nitrogens with zero attached hydrogens (tertiary/aromatic N) is 2. The van der Waals surface area contributed by atoms with Gasteiger partial charge in [0.2, 0.25) is 0 Å². The zero-order valence-electron chi connectivity index (χ0n) is 11.7. The summed E-state index contributed by atoms with van der Waals surface area (Å²) in [4.78, 5) is 26.9. The normalized spacial score (nSPS) is 23.7. The van der Waals surface area contributed by atoms with Gasteiger partial charge in [-0.15, -0.1) is 0 Å². The van der Waals surface area contributed by atoms with Crippen LogP contribution in [-0.4, -0.2) is 65.7 Å². The molecule has 1 atom stereocenters. The number of aliphatic carboxylic acids is 1. The highest BCUT2D eigenvalue weighted by Crippen LogP contribution is 2.24. The molecule has 2 amide bonds. The Morgan fingerprint density at radius 2 is 2.26 bits per heavy atom. The first-order valence-electron chi connectivity index (χ1n) is 6.91. The molecule has 0 aromatic heterocycles. The molecule has 6 heteroatoms. The predicted molar refractivity (Wildman–Crippen MR) is 71.0 cm³/mol. The number of hydrogen-bond acceptors (Lipinski definition) is 3. The fraction of sp³-hybridized carbons (Fsp3) is 0.846. The average molecular weight is 269 g/mol. The first kappa shape index (κ1) is 14.1. The first-order chi connectivity index (χ1) is 8.92. The lowest BCUT2D eigenvalue weighted by Crippen LogP contribution is -2.49. The van der Waals surface area contributed by atoms with Gasteiger partial charge in [0.15, 0.2) is 0 Å². The molecule has 0 aromatic carbocycles. The van der Waals surface area contributed by atoms with E-state index in [0.29, 0.717) is 13.0 Å². The van der Waals surface area contributed by atoms with Crippen LogP contribution in [0.1, 0.15) is 26.7 Å². The minimum atomic E-state index is -0.776. The second-order valence-electron chi connectivity index (χ2n) is 6.07. The lowest BCUT2D eigenvalue weighted by atomic mass is 9.88. The van der Waals surface area contributed by atoms with Crippen molar-refractivity contribution in [2.75, 3.05) is 32.7 Å². The van der Waals surface area contributed by atoms with Crippen LogP contribution in [0.5, 0.6) is 0 Å². The van der Waals surface area contributed by atoms with Crippen LogP contribution in [0.15, 0.2) is 0 Å². The standard InChI is InChI=1S/C13H23N3O3/c1-13(2,11(17)18)4-3-6-15-9-10-8-14-5-7-16(10)12(15)19/h10,14H,3-9H2,1-2H3,(H,17,18)/t10-/m0/s1. The van der Waals surface area contributed by atoms with E-state index in [9.17, 15) is 9.59 Å². The summed E-state index contributed by atoms with van der Waals surface area (Å²) in [5.41, 5.74) is -0.711. The molecule has 2 N–H and O–H groups in total. The summed E-state index contributed by atoms with van der Waals surface area (Å²) in [6, 6.07) is 0.397. The molecule has 0 aliphatic carbocycles. The van der Waals surface area contributed by atoms with Gasteiger partial charge in [-0.3, -0.25) is 4.79 Å². The van der Waals surface area contributed by atoms with E-state index in [1.165, 1.54) is 0 Å². The van der Waals surface area contributed by atoms with E-state index in [1.807, 2.05) is 9.80 Å². The average Bonchev–Trinajstić information content (AvgIpc) is 2.67. The summed E-state index contributed by atoms with van der Waals surface area (Å²) in [5.74, 6) is -0.776. The van der Waals surface area contributed by atoms with E-state index in [2.05, 4.69) is 5.32 Å². The Hall–Kier alpha value is -1.30. The number of amides is 2. The molecular formula is C13H23N3O3. The number of carbonyl (C=O) groups excluding carboxylic acids is 1. The zero-order chi connectivity index (χ0) is 14.0. The molecular weight excluding hydrogens is 246 g/mol. The van der Waals surface area contributed by atoms with E-state index in [0.717, 1.165) is 32.6 Å². The van der Waals surface area contributed by atoms with Gasteiger partial charge in [-0.1, -0.05) is 0 Å². The van der Waals surface area contributed by atoms with Gasteiger partial charge < -0.3 is 20.2 Å². The second kappa shape index (κ2) is 5.36. The maximum absolute atomic E-state index is 12.1. The third-order valence-electron chi connectivity index (χ3n) is 4.11. The van der Waals surface area contributed by atoms with Gasteiger partial charge in [-0.05, 0) is 26.7 Å². The molecule has 19 heavy (non-hydrogen) atoms. The fourth-order valence-corrected chi connectivity index (χ4v) is 2.70. The Morgan fingerprint density at radius 3 is 2.89 bits per heavy atom. The van der Waals surface area contributed by atoms with Crippen LogP contribution in [0.25, 0.3) is 0 Å². The monoisotopic (exact) mass is 269 g/mol. The first-order valence-corrected chi connectivity index (χ1v) is 6.91. The number of carbonyl (C=O) groups is 2. The second-order valence-corrected chi connectivity index (χ2v) is 6.07. The van der Waals surface area contributed by atoms with Crippen molar-refractivity contribution in [1.29, 1.82) is 0 Å². The number of nitrogens with one attached hydrogen (secondary N) is 1. The molecule has 0 bridgehead atoms. The SMILES string of the molecule is CC(C)(CCCN1C[C@@H]2CNCCN2C1=O)C(=O)O. The van der Waals surface area contributed by atoms with Gasteiger partial charge in [-0.25, -0.2) is 4.79 Å². The van der Waals surface area contributed by atoms with Crippen molar-refractivity contribution in [3.05, 3.63) is 0 Å². The maximum Gasteiger partial charge on any atom is 0.320 e. The molecule has 2 aliphatic heterocycles. The van der Waals surface area contributed by atoms with Crippen molar-refractivity contribution in [2.24, 2.45) is 5.41 Å². The molecule has 0 spiro atoms. The molecule has 0 unspecified atom stereocenters. The van der Waals surface area contributed by atoms with Crippen molar-refractivity contribution in [3.8, 4) is 0 Å². The van der Waals surface area contributed by atoms with E-state index in [1.54, 1.807) is 13.8 Å². The molecule has 6 nitrogen and oxygen atoms in total. The number of hydrogen-bond donors (Lipinski definition) is 2. The number of fused-ring (bicyclic) bond motifs is 1. The largest absolute Gasteiger partial charge is 0.481 e. The van der Waals surface area contributed by atoms with Gasteiger partial charge >= 0.3 is 12.0 Å². The van der Waals surface area contributed by atoms with Crippen LogP contribution in [0.2, 0.25) is 0 Å². The van der Waals surface area contributed by atoms with Crippen LogP contribution >= 0.6 is 0 Å². The van der Waals surface area contributed by atoms with Crippen LogP contribution in [-0.2, 0) is 4.79 Å². The summed E-state index contributed by atoms with van der Waals surface area (Å²) in [5, 5.41) is 12.4. The highest BCUT2D eigenvalue weighted by molar-refractivity contribution is 5.77. The lowest BCUT2D eigenvalue weighted by Gasteiger charge is -2.28. The van der Waals surface area contributed by atoms with E-state index in [4.69, 9.17) is 5.11 Å². The number of rotatable bonds is 5. The summed E-state index contributed by atoms with van der Waals surface area (Å²) in [6.45, 7) is 7.39. The number of carboxylic acid groups (broad SMARTS) is 1. The molecule has 2 saturated heterocycles. The lowest BCUT2D eigenvalue weighted by molar-refractivity contribution is -0.147. The highest BCUT2D eigenvalue weighted by Gasteiger charge is 2.38. The van der Waals surface area contributed by atoms with E-state index >= 15 is 0 Å². The van der Waals surface area contributed by atoms with Gasteiger partial charge in [0.25, 0.3) is 0 Å². The van der Waals surface area contributed by atoms with Gasteiger partial charge in [0.1, 0.15) is 0 Å². The molecule has 2 fully saturated rings. The van der Waals surface area contributed by atoms with Gasteiger partial charge in [0, 0.05) is 32.7 Å². The Kier molecular flexibility index (Phi) is 3.99. The fourth-order valence-electron chi connectivity index (χ4n) is 2.70. The molecule has 2 aliphatic rings. The highest BCUT2D eigenvalue weighted by atomic mass is 16.4. The van der Waals surface area contributed by atoms with Crippen molar-refractivity contribution in [1.82, 2.24) is 15.1 Å². The summed E-state index contributed by atoms with van der Waals surface area (Å²) in [6.07, 6.45) is 1.33. The topological polar surface area (TPSA) is 72.9 Å². The van der Waals surface area contributed by atoms with Crippen molar-refractivity contribution < 1.29 is 14.7 Å². The Balaban J connectivity index is 1.81. The molecule has 108 valence electrons. The van der Waals surface area contributed by atoms with E-state index in [-0.39, 0.29) is 12.1 Å². The maximum atomic E-state index is 12.1. The van der Waals surface area contributed by atoms with Crippen LogP contribution in [0, 0.1) is 5.41 Å². The number of urea groups is 1. The smallest absolute Gasteiger partial charge is 0.320 e. The molecule has 0 aromatic rings. The molecule has 2 heterocycles. The van der Waals surface area contributed by atoms with Crippen molar-refractivity contribution >= 4 is 12.0 Å². The van der Waals surface area contributed by atoms with Crippen molar-refractivity contribution in [3.63, 3.8) is 0 Å². The molecule has 0 saturated carbocycles. The molecule has 2 rings (SSSR count). The third-order valence-corrected chi connectivity index (χ3v) is 4.11. The van der Waals surface area contributed by atoms with Crippen LogP contribution in [0.4, 0.5) is 4.79 Å². The minimum Gasteiger partial charge on any atom is -0.481 e. The number of piperazine rings is 1. The quantitative estimate of drug-likeness (QED) is 0.766. The van der Waals surface area contributed by atoms with Crippen molar-refractivity contribution in [2.45, 2.75) is 32.7 Å². The Labute approximate surface area is 113 Å². The molecule has 0 radical (unpaired) electrons. The summed E-state index contributed by atoms with van der Waals surface area (Å²) in [7, 11) is 0. The van der Waals surface area contributed by atoms with Gasteiger partial charge in [-0.2, -0.15) is 0 Å². The Bertz CT molecular complexity index is 370. The predicted octanol–water partition coefficient (Wildman–Crippen LogP) is 0.587. The van der Waals surface area contributed by atoms with E-state index < -0.39 is 11.4 Å². The van der Waals surface area contributed by atoms with Gasteiger partial charge in [0.05, 0.1) is 11.5 Å². The summed E-state index contributed by atoms with van der Waals surface area (Å²) < 4.78 is 0. The Morgan fingerprint density at radius 1 is 1.53 bits per heavy atom. The zero-order valence-corrected chi connectivity index (χ0v) is 11.7.